The first-order valence-corrected chi connectivity index (χ1v) is 7.13. The third-order valence-corrected chi connectivity index (χ3v) is 3.98. The zero-order valence-electron chi connectivity index (χ0n) is 8.85. The molecule has 0 aromatic heterocycles. The Balaban J connectivity index is 2.67. The molecule has 0 spiro atoms. The smallest absolute Gasteiger partial charge is 0.240 e. The summed E-state index contributed by atoms with van der Waals surface area (Å²) >= 11 is 3.24. The quantitative estimate of drug-likeness (QED) is 0.866. The van der Waals surface area contributed by atoms with Gasteiger partial charge >= 0.3 is 0 Å². The standard InChI is InChI=1S/C10H14BrNO3S/c1-8(13)6-7-12-16(14,15)10-4-2-9(11)3-5-10/h2-5,8,12-13H,6-7H2,1H3. The first-order chi connectivity index (χ1) is 7.42. The molecule has 0 heterocycles. The van der Waals surface area contributed by atoms with Gasteiger partial charge in [-0.15, -0.1) is 0 Å². The van der Waals surface area contributed by atoms with Crippen LogP contribution in [0, 0.1) is 0 Å². The topological polar surface area (TPSA) is 66.4 Å². The molecule has 1 unspecified atom stereocenters. The van der Waals surface area contributed by atoms with Crippen LogP contribution < -0.4 is 4.72 Å². The van der Waals surface area contributed by atoms with E-state index in [0.29, 0.717) is 6.42 Å². The fourth-order valence-corrected chi connectivity index (χ4v) is 2.41. The number of halogens is 1. The minimum atomic E-state index is -3.45. The van der Waals surface area contributed by atoms with Crippen LogP contribution in [0.2, 0.25) is 0 Å². The third kappa shape index (κ3) is 4.21. The number of aliphatic hydroxyl groups is 1. The van der Waals surface area contributed by atoms with Crippen molar-refractivity contribution in [3.8, 4) is 0 Å². The van der Waals surface area contributed by atoms with Gasteiger partial charge in [0.2, 0.25) is 10.0 Å². The molecule has 0 aliphatic rings. The van der Waals surface area contributed by atoms with Crippen LogP contribution in [-0.2, 0) is 10.0 Å². The SMILES string of the molecule is CC(O)CCNS(=O)(=O)c1ccc(Br)cc1. The predicted octanol–water partition coefficient (Wildman–Crippen LogP) is 1.50. The highest BCUT2D eigenvalue weighted by molar-refractivity contribution is 9.10. The van der Waals surface area contributed by atoms with E-state index < -0.39 is 16.1 Å². The van der Waals surface area contributed by atoms with Gasteiger partial charge in [0.05, 0.1) is 11.0 Å². The van der Waals surface area contributed by atoms with Gasteiger partial charge in [0, 0.05) is 11.0 Å². The molecule has 0 fully saturated rings. The van der Waals surface area contributed by atoms with Crippen molar-refractivity contribution in [3.63, 3.8) is 0 Å². The molecule has 0 bridgehead atoms. The number of rotatable bonds is 5. The molecule has 0 saturated heterocycles. The maximum absolute atomic E-state index is 11.7. The van der Waals surface area contributed by atoms with Crippen molar-refractivity contribution < 1.29 is 13.5 Å². The van der Waals surface area contributed by atoms with Gasteiger partial charge in [0.1, 0.15) is 0 Å². The number of hydrogen-bond acceptors (Lipinski definition) is 3. The molecule has 0 aliphatic heterocycles. The summed E-state index contributed by atoms with van der Waals surface area (Å²) in [5, 5.41) is 9.02. The van der Waals surface area contributed by atoms with Gasteiger partial charge in [-0.2, -0.15) is 0 Å². The Morgan fingerprint density at radius 3 is 2.44 bits per heavy atom. The first-order valence-electron chi connectivity index (χ1n) is 4.85. The molecule has 0 aliphatic carbocycles. The van der Waals surface area contributed by atoms with Crippen molar-refractivity contribution in [1.82, 2.24) is 4.72 Å². The Bertz CT molecular complexity index is 428. The van der Waals surface area contributed by atoms with Crippen LogP contribution in [0.3, 0.4) is 0 Å². The number of hydrogen-bond donors (Lipinski definition) is 2. The third-order valence-electron chi connectivity index (χ3n) is 1.98. The molecule has 4 nitrogen and oxygen atoms in total. The molecule has 90 valence electrons. The number of aliphatic hydroxyl groups excluding tert-OH is 1. The molecule has 16 heavy (non-hydrogen) atoms. The maximum Gasteiger partial charge on any atom is 0.240 e. The monoisotopic (exact) mass is 307 g/mol. The Kier molecular flexibility index (Phi) is 4.91. The summed E-state index contributed by atoms with van der Waals surface area (Å²) in [6, 6.07) is 6.38. The lowest BCUT2D eigenvalue weighted by molar-refractivity contribution is 0.186. The first kappa shape index (κ1) is 13.6. The summed E-state index contributed by atoms with van der Waals surface area (Å²) in [5.41, 5.74) is 0. The molecule has 0 saturated carbocycles. The highest BCUT2D eigenvalue weighted by Crippen LogP contribution is 2.14. The van der Waals surface area contributed by atoms with Crippen molar-refractivity contribution in [2.75, 3.05) is 6.54 Å². The highest BCUT2D eigenvalue weighted by Gasteiger charge is 2.12. The summed E-state index contributed by atoms with van der Waals surface area (Å²) in [6.07, 6.45) is -0.108. The summed E-state index contributed by atoms with van der Waals surface area (Å²) < 4.78 is 26.7. The molecule has 1 aromatic rings. The van der Waals surface area contributed by atoms with Crippen LogP contribution >= 0.6 is 15.9 Å². The van der Waals surface area contributed by atoms with Crippen molar-refractivity contribution >= 4 is 26.0 Å². The summed E-state index contributed by atoms with van der Waals surface area (Å²) in [4.78, 5) is 0.223. The molecule has 6 heteroatoms. The Labute approximate surface area is 104 Å². The van der Waals surface area contributed by atoms with E-state index in [4.69, 9.17) is 5.11 Å². The Morgan fingerprint density at radius 2 is 1.94 bits per heavy atom. The van der Waals surface area contributed by atoms with Gasteiger partial charge in [-0.3, -0.25) is 0 Å². The van der Waals surface area contributed by atoms with E-state index in [1.54, 1.807) is 19.1 Å². The highest BCUT2D eigenvalue weighted by atomic mass is 79.9. The van der Waals surface area contributed by atoms with Crippen molar-refractivity contribution in [3.05, 3.63) is 28.7 Å². The fraction of sp³-hybridized carbons (Fsp3) is 0.400. The van der Waals surface area contributed by atoms with E-state index >= 15 is 0 Å². The largest absolute Gasteiger partial charge is 0.393 e. The molecule has 0 amide bonds. The van der Waals surface area contributed by atoms with Gasteiger partial charge in [-0.1, -0.05) is 15.9 Å². The second-order valence-electron chi connectivity index (χ2n) is 3.49. The van der Waals surface area contributed by atoms with Gasteiger partial charge < -0.3 is 5.11 Å². The number of sulfonamides is 1. The van der Waals surface area contributed by atoms with E-state index in [9.17, 15) is 8.42 Å². The normalized spacial score (nSPS) is 13.7. The fourth-order valence-electron chi connectivity index (χ4n) is 1.10. The number of benzene rings is 1. The molecule has 0 radical (unpaired) electrons. The second-order valence-corrected chi connectivity index (χ2v) is 6.17. The van der Waals surface area contributed by atoms with Crippen LogP contribution in [0.5, 0.6) is 0 Å². The van der Waals surface area contributed by atoms with Gasteiger partial charge in [-0.25, -0.2) is 13.1 Å². The average molecular weight is 308 g/mol. The molecule has 1 aromatic carbocycles. The zero-order chi connectivity index (χ0) is 12.2. The molecule has 2 N–H and O–H groups in total. The molecular weight excluding hydrogens is 294 g/mol. The summed E-state index contributed by atoms with van der Waals surface area (Å²) in [7, 11) is -3.45. The van der Waals surface area contributed by atoms with Crippen LogP contribution in [0.4, 0.5) is 0 Å². The van der Waals surface area contributed by atoms with Gasteiger partial charge in [-0.05, 0) is 37.6 Å². The van der Waals surface area contributed by atoms with Crippen molar-refractivity contribution in [2.24, 2.45) is 0 Å². The van der Waals surface area contributed by atoms with Crippen molar-refractivity contribution in [1.29, 1.82) is 0 Å². The van der Waals surface area contributed by atoms with Crippen LogP contribution in [-0.4, -0.2) is 26.2 Å². The van der Waals surface area contributed by atoms with E-state index in [2.05, 4.69) is 20.7 Å². The van der Waals surface area contributed by atoms with Crippen molar-refractivity contribution in [2.45, 2.75) is 24.3 Å². The van der Waals surface area contributed by atoms with E-state index in [0.717, 1.165) is 4.47 Å². The Morgan fingerprint density at radius 1 is 1.38 bits per heavy atom. The van der Waals surface area contributed by atoms with Gasteiger partial charge in [0.15, 0.2) is 0 Å². The second kappa shape index (κ2) is 5.77. The van der Waals surface area contributed by atoms with E-state index in [-0.39, 0.29) is 11.4 Å². The van der Waals surface area contributed by atoms with E-state index in [1.165, 1.54) is 12.1 Å². The average Bonchev–Trinajstić information content (AvgIpc) is 2.17. The molecular formula is C10H14BrNO3S. The number of nitrogens with one attached hydrogen (secondary N) is 1. The van der Waals surface area contributed by atoms with Crippen LogP contribution in [0.25, 0.3) is 0 Å². The maximum atomic E-state index is 11.7. The van der Waals surface area contributed by atoms with Crippen LogP contribution in [0.15, 0.2) is 33.6 Å². The lowest BCUT2D eigenvalue weighted by Gasteiger charge is -2.07. The molecule has 1 atom stereocenters. The van der Waals surface area contributed by atoms with E-state index in [1.807, 2.05) is 0 Å². The Hall–Kier alpha value is -0.430. The van der Waals surface area contributed by atoms with Crippen LogP contribution in [0.1, 0.15) is 13.3 Å². The minimum absolute atomic E-state index is 0.223. The predicted molar refractivity (Wildman–Crippen MR) is 65.6 cm³/mol. The summed E-state index contributed by atoms with van der Waals surface area (Å²) in [5.74, 6) is 0. The zero-order valence-corrected chi connectivity index (χ0v) is 11.3. The lowest BCUT2D eigenvalue weighted by atomic mass is 10.3. The van der Waals surface area contributed by atoms with Gasteiger partial charge in [0.25, 0.3) is 0 Å². The minimum Gasteiger partial charge on any atom is -0.393 e. The lowest BCUT2D eigenvalue weighted by Crippen LogP contribution is -2.26. The summed E-state index contributed by atoms with van der Waals surface area (Å²) in [6.45, 7) is 1.85. The molecule has 1 rings (SSSR count).